The van der Waals surface area contributed by atoms with Gasteiger partial charge in [0.05, 0.1) is 45.2 Å². The molecule has 7 heteroatoms. The Morgan fingerprint density at radius 1 is 0.794 bits per heavy atom. The molecule has 0 fully saturated rings. The second kappa shape index (κ2) is 10.1. The molecular formula is C27H24BrNO5. The van der Waals surface area contributed by atoms with Crippen LogP contribution in [0.4, 0.5) is 0 Å². The molecule has 0 unspecified atom stereocenters. The predicted octanol–water partition coefficient (Wildman–Crippen LogP) is 6.06. The molecule has 1 heterocycles. The number of halogens is 1. The number of hydrogen-bond donors (Lipinski definition) is 0. The lowest BCUT2D eigenvalue weighted by Gasteiger charge is -2.19. The van der Waals surface area contributed by atoms with Gasteiger partial charge in [-0.2, -0.15) is 0 Å². The molecule has 0 aliphatic heterocycles. The maximum atomic E-state index is 13.8. The van der Waals surface area contributed by atoms with Crippen molar-refractivity contribution < 1.29 is 23.7 Å². The molecule has 0 aliphatic rings. The number of pyridine rings is 1. The molecule has 174 valence electrons. The van der Waals surface area contributed by atoms with E-state index in [9.17, 15) is 4.79 Å². The zero-order valence-corrected chi connectivity index (χ0v) is 20.9. The molecule has 0 amide bonds. The Labute approximate surface area is 206 Å². The summed E-state index contributed by atoms with van der Waals surface area (Å²) in [6.45, 7) is 0. The quantitative estimate of drug-likeness (QED) is 0.207. The number of rotatable bonds is 8. The average molecular weight is 522 g/mol. The number of nitrogens with zero attached hydrogens (tertiary/aromatic N) is 1. The molecular weight excluding hydrogens is 498 g/mol. The summed E-state index contributed by atoms with van der Waals surface area (Å²) in [4.78, 5) is 18.7. The van der Waals surface area contributed by atoms with Gasteiger partial charge >= 0.3 is 0 Å². The third kappa shape index (κ3) is 4.19. The SMILES string of the molecule is COc1ccc(-c2c(C(=O)c3ccccc3)c(CBr)nc3cc(OC)c(OC)cc23)cc1OC. The zero-order chi connectivity index (χ0) is 24.2. The maximum absolute atomic E-state index is 13.8. The van der Waals surface area contributed by atoms with E-state index in [1.165, 1.54) is 0 Å². The summed E-state index contributed by atoms with van der Waals surface area (Å²) in [5.74, 6) is 2.14. The van der Waals surface area contributed by atoms with Gasteiger partial charge in [0.2, 0.25) is 0 Å². The van der Waals surface area contributed by atoms with Crippen molar-refractivity contribution in [3.05, 3.63) is 77.5 Å². The molecule has 6 nitrogen and oxygen atoms in total. The summed E-state index contributed by atoms with van der Waals surface area (Å²) >= 11 is 3.54. The molecule has 0 saturated carbocycles. The van der Waals surface area contributed by atoms with E-state index in [0.717, 1.165) is 16.5 Å². The van der Waals surface area contributed by atoms with Crippen molar-refractivity contribution in [2.24, 2.45) is 0 Å². The lowest BCUT2D eigenvalue weighted by molar-refractivity contribution is 0.103. The fraction of sp³-hybridized carbons (Fsp3) is 0.185. The third-order valence-electron chi connectivity index (χ3n) is 5.63. The van der Waals surface area contributed by atoms with Crippen LogP contribution in [0.15, 0.2) is 60.7 Å². The Balaban J connectivity index is 2.14. The molecule has 1 aromatic heterocycles. The zero-order valence-electron chi connectivity index (χ0n) is 19.3. The Bertz CT molecular complexity index is 1350. The van der Waals surface area contributed by atoms with E-state index < -0.39 is 0 Å². The Morgan fingerprint density at radius 2 is 1.41 bits per heavy atom. The number of benzene rings is 3. The van der Waals surface area contributed by atoms with Crippen LogP contribution in [0.3, 0.4) is 0 Å². The molecule has 0 spiro atoms. The monoisotopic (exact) mass is 521 g/mol. The second-order valence-electron chi connectivity index (χ2n) is 7.43. The summed E-state index contributed by atoms with van der Waals surface area (Å²) in [5, 5.41) is 1.15. The van der Waals surface area contributed by atoms with Gasteiger partial charge in [-0.25, -0.2) is 0 Å². The Kier molecular flexibility index (Phi) is 7.03. The lowest BCUT2D eigenvalue weighted by atomic mass is 9.89. The largest absolute Gasteiger partial charge is 0.493 e. The van der Waals surface area contributed by atoms with E-state index in [-0.39, 0.29) is 5.78 Å². The fourth-order valence-electron chi connectivity index (χ4n) is 4.01. The number of fused-ring (bicyclic) bond motifs is 1. The summed E-state index contributed by atoms with van der Waals surface area (Å²) in [6.07, 6.45) is 0. The van der Waals surface area contributed by atoms with Crippen molar-refractivity contribution in [1.29, 1.82) is 0 Å². The van der Waals surface area contributed by atoms with Gasteiger partial charge in [-0.05, 0) is 23.8 Å². The van der Waals surface area contributed by atoms with Crippen molar-refractivity contribution in [2.45, 2.75) is 5.33 Å². The van der Waals surface area contributed by atoms with Crippen LogP contribution in [0, 0.1) is 0 Å². The van der Waals surface area contributed by atoms with Crippen LogP contribution in [-0.2, 0) is 5.33 Å². The first-order valence-corrected chi connectivity index (χ1v) is 11.6. The molecule has 0 radical (unpaired) electrons. The van der Waals surface area contributed by atoms with E-state index in [4.69, 9.17) is 23.9 Å². The molecule has 0 bridgehead atoms. The second-order valence-corrected chi connectivity index (χ2v) is 7.99. The van der Waals surface area contributed by atoms with Gasteiger partial charge in [0.1, 0.15) is 0 Å². The highest BCUT2D eigenvalue weighted by Gasteiger charge is 2.25. The van der Waals surface area contributed by atoms with Crippen molar-refractivity contribution in [1.82, 2.24) is 4.98 Å². The standard InChI is InChI=1S/C27H24BrNO5/c1-31-21-11-10-17(12-22(21)32-2)25-18-13-23(33-3)24(34-4)14-19(18)29-20(15-28)26(25)27(30)16-8-6-5-7-9-16/h5-14H,15H2,1-4H3. The number of alkyl halides is 1. The first-order valence-electron chi connectivity index (χ1n) is 10.5. The van der Waals surface area contributed by atoms with Gasteiger partial charge in [0.25, 0.3) is 0 Å². The third-order valence-corrected chi connectivity index (χ3v) is 6.16. The fourth-order valence-corrected chi connectivity index (χ4v) is 4.41. The maximum Gasteiger partial charge on any atom is 0.195 e. The number of methoxy groups -OCH3 is 4. The minimum Gasteiger partial charge on any atom is -0.493 e. The summed E-state index contributed by atoms with van der Waals surface area (Å²) in [6, 6.07) is 18.5. The highest BCUT2D eigenvalue weighted by molar-refractivity contribution is 9.08. The molecule has 3 aromatic carbocycles. The van der Waals surface area contributed by atoms with Crippen molar-refractivity contribution >= 4 is 32.6 Å². The van der Waals surface area contributed by atoms with Gasteiger partial charge in [-0.1, -0.05) is 52.3 Å². The molecule has 0 atom stereocenters. The molecule has 0 aliphatic carbocycles. The molecule has 34 heavy (non-hydrogen) atoms. The van der Waals surface area contributed by atoms with Crippen LogP contribution in [0.5, 0.6) is 23.0 Å². The van der Waals surface area contributed by atoms with Crippen LogP contribution in [0.25, 0.3) is 22.0 Å². The minimum absolute atomic E-state index is 0.121. The smallest absolute Gasteiger partial charge is 0.195 e. The number of carbonyl (C=O) groups excluding carboxylic acids is 1. The normalized spacial score (nSPS) is 10.7. The van der Waals surface area contributed by atoms with Gasteiger partial charge in [0.15, 0.2) is 28.8 Å². The van der Waals surface area contributed by atoms with E-state index in [0.29, 0.717) is 50.7 Å². The van der Waals surface area contributed by atoms with E-state index >= 15 is 0 Å². The van der Waals surface area contributed by atoms with E-state index in [1.54, 1.807) is 40.6 Å². The topological polar surface area (TPSA) is 66.9 Å². The Hall–Kier alpha value is -3.58. The van der Waals surface area contributed by atoms with Gasteiger partial charge in [-0.3, -0.25) is 9.78 Å². The van der Waals surface area contributed by atoms with Gasteiger partial charge < -0.3 is 18.9 Å². The van der Waals surface area contributed by atoms with Gasteiger partial charge in [-0.15, -0.1) is 0 Å². The lowest BCUT2D eigenvalue weighted by Crippen LogP contribution is -2.10. The molecule has 4 aromatic rings. The molecule has 0 N–H and O–H groups in total. The van der Waals surface area contributed by atoms with Crippen molar-refractivity contribution in [2.75, 3.05) is 28.4 Å². The van der Waals surface area contributed by atoms with Crippen LogP contribution >= 0.6 is 15.9 Å². The molecule has 4 rings (SSSR count). The highest BCUT2D eigenvalue weighted by atomic mass is 79.9. The number of hydrogen-bond acceptors (Lipinski definition) is 6. The van der Waals surface area contributed by atoms with Crippen molar-refractivity contribution in [3.63, 3.8) is 0 Å². The molecule has 0 saturated heterocycles. The first kappa shape index (κ1) is 23.6. The van der Waals surface area contributed by atoms with E-state index in [2.05, 4.69) is 15.9 Å². The number of carbonyl (C=O) groups is 1. The summed E-state index contributed by atoms with van der Waals surface area (Å²) < 4.78 is 22.0. The first-order chi connectivity index (χ1) is 16.6. The number of ether oxygens (including phenoxy) is 4. The Morgan fingerprint density at radius 3 is 2.03 bits per heavy atom. The predicted molar refractivity (Wildman–Crippen MR) is 136 cm³/mol. The minimum atomic E-state index is -0.121. The summed E-state index contributed by atoms with van der Waals surface area (Å²) in [5.41, 5.74) is 3.91. The van der Waals surface area contributed by atoms with Crippen molar-refractivity contribution in [3.8, 4) is 34.1 Å². The summed E-state index contributed by atoms with van der Waals surface area (Å²) in [7, 11) is 6.33. The van der Waals surface area contributed by atoms with Crippen LogP contribution in [0.2, 0.25) is 0 Å². The van der Waals surface area contributed by atoms with Crippen LogP contribution < -0.4 is 18.9 Å². The van der Waals surface area contributed by atoms with Gasteiger partial charge in [0, 0.05) is 27.9 Å². The number of ketones is 1. The van der Waals surface area contributed by atoms with Crippen LogP contribution in [-0.4, -0.2) is 39.2 Å². The number of aromatic nitrogens is 1. The van der Waals surface area contributed by atoms with Crippen LogP contribution in [0.1, 0.15) is 21.6 Å². The average Bonchev–Trinajstić information content (AvgIpc) is 2.90. The van der Waals surface area contributed by atoms with E-state index in [1.807, 2.05) is 48.5 Å². The highest BCUT2D eigenvalue weighted by Crippen LogP contribution is 2.42.